The van der Waals surface area contributed by atoms with E-state index in [1.54, 1.807) is 27.7 Å². The van der Waals surface area contributed by atoms with Crippen molar-refractivity contribution in [3.8, 4) is 23.0 Å². The molecule has 25 heavy (non-hydrogen) atoms. The van der Waals surface area contributed by atoms with Crippen LogP contribution < -0.4 is 0 Å². The number of hydrogen-bond acceptors (Lipinski definition) is 6. The lowest BCUT2D eigenvalue weighted by Gasteiger charge is -2.09. The lowest BCUT2D eigenvalue weighted by molar-refractivity contribution is 0.273. The molecule has 0 fully saturated rings. The number of phenols is 4. The van der Waals surface area contributed by atoms with Crippen LogP contribution in [0.3, 0.4) is 0 Å². The maximum absolute atomic E-state index is 9.43. The molecule has 0 spiro atoms. The fraction of sp³-hybridized carbons (Fsp3) is 0.368. The van der Waals surface area contributed by atoms with Crippen molar-refractivity contribution >= 4 is 0 Å². The second-order valence-corrected chi connectivity index (χ2v) is 5.65. The van der Waals surface area contributed by atoms with Gasteiger partial charge in [0.1, 0.15) is 23.0 Å². The fourth-order valence-electron chi connectivity index (χ4n) is 2.29. The second-order valence-electron chi connectivity index (χ2n) is 5.65. The van der Waals surface area contributed by atoms with Crippen molar-refractivity contribution in [3.63, 3.8) is 0 Å². The first-order chi connectivity index (χ1) is 11.1. The summed E-state index contributed by atoms with van der Waals surface area (Å²) in [6.07, 6.45) is 0. The van der Waals surface area contributed by atoms with Gasteiger partial charge in [0, 0.05) is 11.1 Å². The summed E-state index contributed by atoms with van der Waals surface area (Å²) in [7, 11) is 0. The molecule has 0 unspecified atom stereocenters. The highest BCUT2D eigenvalue weighted by Gasteiger charge is 2.11. The van der Waals surface area contributed by atoms with E-state index in [-0.39, 0.29) is 43.6 Å². The van der Waals surface area contributed by atoms with E-state index in [0.29, 0.717) is 33.4 Å². The van der Waals surface area contributed by atoms with Gasteiger partial charge in [0.15, 0.2) is 0 Å². The minimum absolute atomic E-state index is 0. The molecule has 0 aliphatic heterocycles. The SMILES string of the molecule is C.Cc1cc(O)c(C)c(CO)c1O.Cc1cc(O)c(C)c(CO)c1O. The number of aryl methyl sites for hydroxylation is 2. The number of aliphatic hydroxyl groups is 2. The zero-order valence-corrected chi connectivity index (χ0v) is 14.3. The van der Waals surface area contributed by atoms with E-state index in [9.17, 15) is 20.4 Å². The number of hydrogen-bond donors (Lipinski definition) is 6. The normalized spacial score (nSPS) is 9.84. The van der Waals surface area contributed by atoms with Crippen LogP contribution in [0, 0.1) is 27.7 Å². The maximum Gasteiger partial charge on any atom is 0.124 e. The van der Waals surface area contributed by atoms with E-state index < -0.39 is 0 Å². The van der Waals surface area contributed by atoms with Crippen LogP contribution in [0.5, 0.6) is 23.0 Å². The van der Waals surface area contributed by atoms with Crippen LogP contribution >= 0.6 is 0 Å². The van der Waals surface area contributed by atoms with Gasteiger partial charge in [-0.05, 0) is 62.1 Å². The van der Waals surface area contributed by atoms with Crippen molar-refractivity contribution in [2.45, 2.75) is 48.3 Å². The van der Waals surface area contributed by atoms with Crippen LogP contribution in [-0.2, 0) is 13.2 Å². The van der Waals surface area contributed by atoms with Crippen LogP contribution in [0.2, 0.25) is 0 Å². The van der Waals surface area contributed by atoms with Gasteiger partial charge < -0.3 is 30.6 Å². The molecule has 0 amide bonds. The van der Waals surface area contributed by atoms with Gasteiger partial charge in [0.2, 0.25) is 0 Å². The van der Waals surface area contributed by atoms with Gasteiger partial charge in [0.05, 0.1) is 13.2 Å². The summed E-state index contributed by atoms with van der Waals surface area (Å²) in [5, 5.41) is 55.2. The van der Waals surface area contributed by atoms with Gasteiger partial charge in [-0.3, -0.25) is 0 Å². The van der Waals surface area contributed by atoms with E-state index in [1.165, 1.54) is 12.1 Å². The molecule has 140 valence electrons. The molecule has 6 nitrogen and oxygen atoms in total. The zero-order valence-electron chi connectivity index (χ0n) is 14.3. The highest BCUT2D eigenvalue weighted by molar-refractivity contribution is 5.51. The smallest absolute Gasteiger partial charge is 0.124 e. The van der Waals surface area contributed by atoms with Crippen LogP contribution in [0.25, 0.3) is 0 Å². The van der Waals surface area contributed by atoms with Gasteiger partial charge >= 0.3 is 0 Å². The molecule has 2 aromatic carbocycles. The predicted molar refractivity (Wildman–Crippen MR) is 97.1 cm³/mol. The summed E-state index contributed by atoms with van der Waals surface area (Å²) in [5.74, 6) is 0.337. The number of aromatic hydroxyl groups is 4. The number of aliphatic hydroxyl groups excluding tert-OH is 2. The summed E-state index contributed by atoms with van der Waals surface area (Å²) in [6.45, 7) is 6.14. The molecule has 0 heterocycles. The van der Waals surface area contributed by atoms with E-state index in [4.69, 9.17) is 10.2 Å². The molecule has 6 heteroatoms. The van der Waals surface area contributed by atoms with Crippen LogP contribution in [0.4, 0.5) is 0 Å². The summed E-state index contributed by atoms with van der Waals surface area (Å²) < 4.78 is 0. The average molecular weight is 352 g/mol. The standard InChI is InChI=1S/2C9H12O3.CH4/c2*1-5-3-8(11)6(2)7(4-10)9(5)12;/h2*3,10-12H,4H2,1-2H3;1H4. The zero-order chi connectivity index (χ0) is 18.6. The van der Waals surface area contributed by atoms with Crippen molar-refractivity contribution in [2.75, 3.05) is 0 Å². The Labute approximate surface area is 148 Å². The van der Waals surface area contributed by atoms with Crippen molar-refractivity contribution in [1.82, 2.24) is 0 Å². The highest BCUT2D eigenvalue weighted by Crippen LogP contribution is 2.32. The molecule has 6 N–H and O–H groups in total. The number of rotatable bonds is 2. The van der Waals surface area contributed by atoms with E-state index in [2.05, 4.69) is 0 Å². The topological polar surface area (TPSA) is 121 Å². The number of benzene rings is 2. The Kier molecular flexibility index (Phi) is 8.26. The molecule has 0 saturated carbocycles. The van der Waals surface area contributed by atoms with Gasteiger partial charge in [-0.1, -0.05) is 7.43 Å². The second kappa shape index (κ2) is 9.15. The van der Waals surface area contributed by atoms with Crippen LogP contribution in [-0.4, -0.2) is 30.6 Å². The summed E-state index contributed by atoms with van der Waals surface area (Å²) in [5.41, 5.74) is 2.99. The van der Waals surface area contributed by atoms with Crippen LogP contribution in [0.15, 0.2) is 12.1 Å². The monoisotopic (exact) mass is 352 g/mol. The molecular weight excluding hydrogens is 324 g/mol. The molecule has 2 aromatic rings. The number of phenolic OH excluding ortho intramolecular Hbond substituents is 2. The highest BCUT2D eigenvalue weighted by atomic mass is 16.3. The first-order valence-corrected chi connectivity index (χ1v) is 7.39. The summed E-state index contributed by atoms with van der Waals surface area (Å²) in [6, 6.07) is 2.95. The molecule has 0 atom stereocenters. The lowest BCUT2D eigenvalue weighted by Crippen LogP contribution is -1.92. The molecule has 0 saturated heterocycles. The third kappa shape index (κ3) is 4.78. The Morgan fingerprint density at radius 3 is 1.16 bits per heavy atom. The van der Waals surface area contributed by atoms with Gasteiger partial charge in [-0.15, -0.1) is 0 Å². The first kappa shape index (κ1) is 22.6. The molecule has 2 rings (SSSR count). The van der Waals surface area contributed by atoms with E-state index >= 15 is 0 Å². The van der Waals surface area contributed by atoms with Crippen molar-refractivity contribution in [3.05, 3.63) is 45.5 Å². The Morgan fingerprint density at radius 2 is 0.920 bits per heavy atom. The Balaban J connectivity index is 0.000000443. The predicted octanol–water partition coefficient (Wildman–Crippen LogP) is 3.05. The first-order valence-electron chi connectivity index (χ1n) is 7.39. The Morgan fingerprint density at radius 1 is 0.640 bits per heavy atom. The van der Waals surface area contributed by atoms with Crippen molar-refractivity contribution in [1.29, 1.82) is 0 Å². The molecule has 0 bridgehead atoms. The molecule has 0 aliphatic carbocycles. The molecule has 0 aliphatic rings. The van der Waals surface area contributed by atoms with Gasteiger partial charge in [-0.2, -0.15) is 0 Å². The third-order valence-electron chi connectivity index (χ3n) is 4.02. The van der Waals surface area contributed by atoms with E-state index in [0.717, 1.165) is 0 Å². The molecule has 0 aromatic heterocycles. The Hall–Kier alpha value is -2.44. The summed E-state index contributed by atoms with van der Waals surface area (Å²) in [4.78, 5) is 0. The minimum atomic E-state index is -0.257. The van der Waals surface area contributed by atoms with Crippen molar-refractivity contribution in [2.24, 2.45) is 0 Å². The van der Waals surface area contributed by atoms with Crippen molar-refractivity contribution < 1.29 is 30.6 Å². The van der Waals surface area contributed by atoms with E-state index in [1.807, 2.05) is 0 Å². The quantitative estimate of drug-likeness (QED) is 0.462. The summed E-state index contributed by atoms with van der Waals surface area (Å²) >= 11 is 0. The largest absolute Gasteiger partial charge is 0.508 e. The third-order valence-corrected chi connectivity index (χ3v) is 4.02. The van der Waals surface area contributed by atoms with Gasteiger partial charge in [0.25, 0.3) is 0 Å². The van der Waals surface area contributed by atoms with Gasteiger partial charge in [-0.25, -0.2) is 0 Å². The minimum Gasteiger partial charge on any atom is -0.508 e. The molecule has 0 radical (unpaired) electrons. The lowest BCUT2D eigenvalue weighted by atomic mass is 10.0. The van der Waals surface area contributed by atoms with Crippen LogP contribution in [0.1, 0.15) is 40.8 Å². The average Bonchev–Trinajstić information content (AvgIpc) is 2.53. The maximum atomic E-state index is 9.43. The Bertz CT molecular complexity index is 622. The fourth-order valence-corrected chi connectivity index (χ4v) is 2.29. The molecular formula is C19H28O6.